The van der Waals surface area contributed by atoms with E-state index in [0.717, 1.165) is 18.2 Å². The molecule has 1 fully saturated rings. The Kier molecular flexibility index (Phi) is 9.04. The zero-order chi connectivity index (χ0) is 24.9. The number of sulfonamides is 1. The monoisotopic (exact) mass is 503 g/mol. The summed E-state index contributed by atoms with van der Waals surface area (Å²) in [5, 5.41) is 13.8. The van der Waals surface area contributed by atoms with Crippen molar-refractivity contribution in [3.63, 3.8) is 0 Å². The van der Waals surface area contributed by atoms with E-state index in [0.29, 0.717) is 19.5 Å². The topological polar surface area (TPSA) is 142 Å². The van der Waals surface area contributed by atoms with Crippen molar-refractivity contribution >= 4 is 39.2 Å². The van der Waals surface area contributed by atoms with Gasteiger partial charge in [-0.1, -0.05) is 31.9 Å². The largest absolute Gasteiger partial charge is 0.338 e. The van der Waals surface area contributed by atoms with Gasteiger partial charge >= 0.3 is 6.03 Å². The highest BCUT2D eigenvalue weighted by atomic mass is 35.5. The number of nitrogens with one attached hydrogen (secondary N) is 2. The van der Waals surface area contributed by atoms with Gasteiger partial charge in [0.1, 0.15) is 11.1 Å². The average molecular weight is 504 g/mol. The molecule has 1 heterocycles. The Morgan fingerprint density at radius 2 is 1.73 bits per heavy atom. The van der Waals surface area contributed by atoms with Crippen molar-refractivity contribution in [2.45, 2.75) is 51.1 Å². The lowest BCUT2D eigenvalue weighted by molar-refractivity contribution is -0.384. The normalized spacial score (nSPS) is 16.4. The van der Waals surface area contributed by atoms with Crippen molar-refractivity contribution in [3.05, 3.63) is 33.3 Å². The number of benzene rings is 1. The van der Waals surface area contributed by atoms with Crippen LogP contribution >= 0.6 is 11.6 Å². The van der Waals surface area contributed by atoms with E-state index in [2.05, 4.69) is 10.0 Å². The van der Waals surface area contributed by atoms with Gasteiger partial charge < -0.3 is 15.1 Å². The number of nitro benzene ring substituents is 1. The fraction of sp³-hybridized carbons (Fsp3) is 0.600. The summed E-state index contributed by atoms with van der Waals surface area (Å²) >= 11 is 5.78. The summed E-state index contributed by atoms with van der Waals surface area (Å²) in [7, 11) is -4.24. The Balaban J connectivity index is 2.18. The first-order valence-corrected chi connectivity index (χ1v) is 12.5. The molecule has 0 aromatic heterocycles. The van der Waals surface area contributed by atoms with E-state index >= 15 is 0 Å². The molecule has 2 unspecified atom stereocenters. The van der Waals surface area contributed by atoms with Gasteiger partial charge in [0.25, 0.3) is 5.69 Å². The smallest absolute Gasteiger partial charge is 0.317 e. The lowest BCUT2D eigenvalue weighted by atomic mass is 9.98. The minimum atomic E-state index is -4.24. The second kappa shape index (κ2) is 11.1. The number of urea groups is 1. The lowest BCUT2D eigenvalue weighted by Gasteiger charge is -2.37. The molecule has 1 aliphatic heterocycles. The number of hydrogen-bond acceptors (Lipinski definition) is 6. The van der Waals surface area contributed by atoms with Crippen LogP contribution in [0.15, 0.2) is 23.1 Å². The first-order valence-electron chi connectivity index (χ1n) is 10.7. The summed E-state index contributed by atoms with van der Waals surface area (Å²) in [5.74, 6) is -0.739. The first kappa shape index (κ1) is 26.8. The molecule has 11 nitrogen and oxygen atoms in total. The molecular weight excluding hydrogens is 474 g/mol. The summed E-state index contributed by atoms with van der Waals surface area (Å²) in [5.41, 5.74) is -0.540. The van der Waals surface area contributed by atoms with Gasteiger partial charge in [0, 0.05) is 38.3 Å². The summed E-state index contributed by atoms with van der Waals surface area (Å²) < 4.78 is 28.4. The van der Waals surface area contributed by atoms with Crippen LogP contribution in [0.4, 0.5) is 10.5 Å². The first-order chi connectivity index (χ1) is 15.4. The van der Waals surface area contributed by atoms with Crippen LogP contribution in [0, 0.1) is 16.0 Å². The highest BCUT2D eigenvalue weighted by Crippen LogP contribution is 2.27. The molecule has 1 aromatic rings. The van der Waals surface area contributed by atoms with Crippen molar-refractivity contribution in [2.24, 2.45) is 5.92 Å². The third kappa shape index (κ3) is 6.78. The Morgan fingerprint density at radius 3 is 2.24 bits per heavy atom. The number of carbonyl (C=O) groups excluding carboxylic acids is 2. The number of carbonyl (C=O) groups is 2. The number of nitro groups is 1. The zero-order valence-electron chi connectivity index (χ0n) is 19.1. The molecule has 2 atom stereocenters. The maximum atomic E-state index is 13.2. The second-order valence-electron chi connectivity index (χ2n) is 8.27. The fourth-order valence-electron chi connectivity index (χ4n) is 3.35. The van der Waals surface area contributed by atoms with Gasteiger partial charge in [0.05, 0.1) is 9.82 Å². The van der Waals surface area contributed by atoms with E-state index in [9.17, 15) is 28.1 Å². The summed E-state index contributed by atoms with van der Waals surface area (Å²) in [6, 6.07) is 1.88. The van der Waals surface area contributed by atoms with Crippen molar-refractivity contribution in [2.75, 3.05) is 26.2 Å². The van der Waals surface area contributed by atoms with Gasteiger partial charge in [0.15, 0.2) is 0 Å². The summed E-state index contributed by atoms with van der Waals surface area (Å²) in [4.78, 5) is 38.6. The van der Waals surface area contributed by atoms with E-state index in [-0.39, 0.29) is 41.0 Å². The quantitative estimate of drug-likeness (QED) is 0.411. The van der Waals surface area contributed by atoms with E-state index in [1.807, 2.05) is 20.8 Å². The average Bonchev–Trinajstić information content (AvgIpc) is 2.76. The van der Waals surface area contributed by atoms with Crippen LogP contribution in [0.3, 0.4) is 0 Å². The van der Waals surface area contributed by atoms with Gasteiger partial charge in [-0.25, -0.2) is 13.2 Å². The van der Waals surface area contributed by atoms with Crippen molar-refractivity contribution < 1.29 is 22.9 Å². The summed E-state index contributed by atoms with van der Waals surface area (Å²) in [6.45, 7) is 8.49. The molecule has 1 aliphatic rings. The summed E-state index contributed by atoms with van der Waals surface area (Å²) in [6.07, 6.45) is 0.524. The number of halogens is 1. The third-order valence-electron chi connectivity index (χ3n) is 5.48. The van der Waals surface area contributed by atoms with Crippen molar-refractivity contribution in [3.8, 4) is 0 Å². The molecule has 13 heteroatoms. The second-order valence-corrected chi connectivity index (χ2v) is 10.4. The highest BCUT2D eigenvalue weighted by Gasteiger charge is 2.35. The van der Waals surface area contributed by atoms with Crippen molar-refractivity contribution in [1.29, 1.82) is 0 Å². The Morgan fingerprint density at radius 1 is 1.15 bits per heavy atom. The Bertz CT molecular complexity index is 995. The number of rotatable bonds is 8. The van der Waals surface area contributed by atoms with Crippen LogP contribution in [0.1, 0.15) is 34.1 Å². The SMILES string of the molecule is CCC(C)C(NS(=O)(=O)c1ccc(Cl)c([N+](=O)[O-])c1)C(=O)N1CCN(C(=O)NC(C)C)CC1. The maximum Gasteiger partial charge on any atom is 0.317 e. The Hall–Kier alpha value is -2.44. The van der Waals surface area contributed by atoms with Crippen LogP contribution in [-0.4, -0.2) is 73.3 Å². The predicted octanol–water partition coefficient (Wildman–Crippen LogP) is 2.20. The molecule has 1 aromatic carbocycles. The number of piperazine rings is 1. The van der Waals surface area contributed by atoms with Gasteiger partial charge in [-0.05, 0) is 31.9 Å². The Labute approximate surface area is 198 Å². The van der Waals surface area contributed by atoms with E-state index in [4.69, 9.17) is 11.6 Å². The molecule has 2 rings (SSSR count). The maximum absolute atomic E-state index is 13.2. The van der Waals surface area contributed by atoms with Crippen LogP contribution in [-0.2, 0) is 14.8 Å². The molecular formula is C20H30ClN5O6S. The van der Waals surface area contributed by atoms with Gasteiger partial charge in [-0.2, -0.15) is 4.72 Å². The molecule has 184 valence electrons. The molecule has 0 saturated carbocycles. The van der Waals surface area contributed by atoms with Crippen LogP contribution in [0.25, 0.3) is 0 Å². The minimum Gasteiger partial charge on any atom is -0.338 e. The number of nitrogens with zero attached hydrogens (tertiary/aromatic N) is 3. The van der Waals surface area contributed by atoms with Gasteiger partial charge in [0.2, 0.25) is 15.9 Å². The van der Waals surface area contributed by atoms with E-state index < -0.39 is 32.6 Å². The third-order valence-corrected chi connectivity index (χ3v) is 7.23. The zero-order valence-corrected chi connectivity index (χ0v) is 20.6. The molecule has 0 bridgehead atoms. The molecule has 0 aliphatic carbocycles. The van der Waals surface area contributed by atoms with Crippen LogP contribution in [0.2, 0.25) is 5.02 Å². The molecule has 2 N–H and O–H groups in total. The molecule has 0 spiro atoms. The molecule has 3 amide bonds. The molecule has 33 heavy (non-hydrogen) atoms. The van der Waals surface area contributed by atoms with E-state index in [1.54, 1.807) is 11.8 Å². The van der Waals surface area contributed by atoms with Crippen LogP contribution in [0.5, 0.6) is 0 Å². The highest BCUT2D eigenvalue weighted by molar-refractivity contribution is 7.89. The lowest BCUT2D eigenvalue weighted by Crippen LogP contribution is -2.58. The molecule has 0 radical (unpaired) electrons. The predicted molar refractivity (Wildman–Crippen MR) is 123 cm³/mol. The van der Waals surface area contributed by atoms with Gasteiger partial charge in [-0.15, -0.1) is 0 Å². The molecule has 1 saturated heterocycles. The number of amides is 3. The van der Waals surface area contributed by atoms with Crippen molar-refractivity contribution in [1.82, 2.24) is 19.8 Å². The standard InChI is InChI=1S/C20H30ClN5O6S/c1-5-14(4)18(19(27)24-8-10-25(11-9-24)20(28)22-13(2)3)23-33(31,32)15-6-7-16(21)17(12-15)26(29)30/h6-7,12-14,18,23H,5,8-11H2,1-4H3,(H,22,28). The minimum absolute atomic E-state index is 0.00922. The van der Waals surface area contributed by atoms with E-state index in [1.165, 1.54) is 4.90 Å². The fourth-order valence-corrected chi connectivity index (χ4v) is 4.85. The number of hydrogen-bond donors (Lipinski definition) is 2. The van der Waals surface area contributed by atoms with Gasteiger partial charge in [-0.3, -0.25) is 14.9 Å². The van der Waals surface area contributed by atoms with Crippen LogP contribution < -0.4 is 10.0 Å².